The van der Waals surface area contributed by atoms with Gasteiger partial charge in [0.05, 0.1) is 11.1 Å². The zero-order chi connectivity index (χ0) is 46.6. The van der Waals surface area contributed by atoms with Crippen LogP contribution in [0.5, 0.6) is 0 Å². The maximum Gasteiger partial charge on any atom is 0.673 e. The minimum absolute atomic E-state index is 0.0618. The maximum absolute atomic E-state index is 12.0. The lowest BCUT2D eigenvalue weighted by Crippen LogP contribution is -2.09. The van der Waals surface area contributed by atoms with Gasteiger partial charge in [-0.3, -0.25) is 0 Å². The van der Waals surface area contributed by atoms with Crippen LogP contribution in [0.1, 0.15) is 11.1 Å². The Kier molecular flexibility index (Phi) is 28.6. The molecule has 0 atom stereocenters. The van der Waals surface area contributed by atoms with Crippen molar-refractivity contribution in [1.29, 1.82) is 0 Å². The Morgan fingerprint density at radius 3 is 0.600 bits per heavy atom. The summed E-state index contributed by atoms with van der Waals surface area (Å²) >= 11 is 0. The molecule has 0 unspecified atom stereocenters. The van der Waals surface area contributed by atoms with E-state index >= 15 is 0 Å². The molecular formula is C14H5B6F35-6. The van der Waals surface area contributed by atoms with Gasteiger partial charge in [-0.2, -0.15) is 26.3 Å². The molecule has 330 valence electrons. The van der Waals surface area contributed by atoms with Gasteiger partial charge in [-0.05, 0) is 18.2 Å². The summed E-state index contributed by atoms with van der Waals surface area (Å²) in [6.07, 6.45) is -9.50. The van der Waals surface area contributed by atoms with Gasteiger partial charge in [-0.15, -0.1) is 0 Å². The van der Waals surface area contributed by atoms with Crippen LogP contribution in [0, 0.1) is 29.1 Å². The molecule has 0 bridgehead atoms. The molecule has 0 aliphatic carbocycles. The van der Waals surface area contributed by atoms with E-state index in [1.165, 1.54) is 0 Å². The second-order valence-electron chi connectivity index (χ2n) is 7.33. The highest BCUT2D eigenvalue weighted by atomic mass is 19.5. The molecule has 2 aromatic rings. The van der Waals surface area contributed by atoms with Gasteiger partial charge in [0.15, 0.2) is 23.3 Å². The Hall–Kier alpha value is -3.62. The normalized spacial score (nSPS) is 11.9. The molecule has 0 aromatic heterocycles. The molecule has 0 saturated carbocycles. The molecule has 0 heterocycles. The Bertz CT molecular complexity index is 1110. The van der Waals surface area contributed by atoms with Crippen molar-refractivity contribution in [1.82, 2.24) is 0 Å². The van der Waals surface area contributed by atoms with E-state index in [2.05, 4.69) is 0 Å². The summed E-state index contributed by atoms with van der Waals surface area (Å²) in [6.45, 7) is 0. The number of hydrogen-bond acceptors (Lipinski definition) is 0. The fourth-order valence-electron chi connectivity index (χ4n) is 1.42. The van der Waals surface area contributed by atoms with Crippen molar-refractivity contribution in [2.24, 2.45) is 0 Å². The predicted molar refractivity (Wildman–Crippen MR) is 124 cm³/mol. The van der Waals surface area contributed by atoms with E-state index in [0.717, 1.165) is 6.07 Å². The highest BCUT2D eigenvalue weighted by molar-refractivity contribution is 6.51. The Balaban J connectivity index is -0.000000131. The number of halogens is 35. The Labute approximate surface area is 279 Å². The van der Waals surface area contributed by atoms with Gasteiger partial charge < -0.3 is 104 Å². The van der Waals surface area contributed by atoms with Crippen molar-refractivity contribution in [3.8, 4) is 0 Å². The van der Waals surface area contributed by atoms with Crippen molar-refractivity contribution >= 4 is 43.5 Å². The average Bonchev–Trinajstić information content (AvgIpc) is 2.80. The monoisotopic (exact) mass is 904 g/mol. The van der Waals surface area contributed by atoms with Crippen LogP contribution in [0.3, 0.4) is 0 Å². The minimum Gasteiger partial charge on any atom is -0.418 e. The van der Waals surface area contributed by atoms with Crippen LogP contribution in [-0.4, -0.2) is 43.5 Å². The molecule has 0 nitrogen and oxygen atoms in total. The van der Waals surface area contributed by atoms with E-state index in [0.29, 0.717) is 12.1 Å². The van der Waals surface area contributed by atoms with E-state index < -0.39 is 96.1 Å². The van der Waals surface area contributed by atoms with Crippen LogP contribution in [0.25, 0.3) is 0 Å². The first kappa shape index (κ1) is 63.3. The molecular weight excluding hydrogens is 898 g/mol. The number of alkyl halides is 6. The van der Waals surface area contributed by atoms with Crippen LogP contribution in [0.2, 0.25) is 0 Å². The molecule has 41 heteroatoms. The fraction of sp³-hybridized carbons (Fsp3) is 0.143. The summed E-state index contributed by atoms with van der Waals surface area (Å²) in [6, 6.07) is 1.93. The quantitative estimate of drug-likeness (QED) is 0.107. The molecule has 0 spiro atoms. The van der Waals surface area contributed by atoms with E-state index in [1.54, 1.807) is 0 Å². The Morgan fingerprint density at radius 1 is 0.291 bits per heavy atom. The van der Waals surface area contributed by atoms with Gasteiger partial charge in [-0.1, -0.05) is 6.07 Å². The fourth-order valence-corrected chi connectivity index (χ4v) is 1.42. The molecule has 0 aliphatic heterocycles. The SMILES string of the molecule is FC(F)(F)c1cccc(C(F)(F)F)c1.F[B-](F)(F)F.F[B-](F)(F)F.F[B-](F)(F)F.F[B-](F)(F)F.F[B-](F)(F)F.F[B-](F)(F)F.Fc1cc(F)c(F)c(F)c1F. The molecule has 0 amide bonds. The lowest BCUT2D eigenvalue weighted by Gasteiger charge is -2.10. The van der Waals surface area contributed by atoms with Crippen molar-refractivity contribution in [3.63, 3.8) is 0 Å². The lowest BCUT2D eigenvalue weighted by atomic mass is 10.1. The van der Waals surface area contributed by atoms with Crippen LogP contribution in [-0.2, 0) is 12.4 Å². The van der Waals surface area contributed by atoms with E-state index in [-0.39, 0.29) is 12.1 Å². The topological polar surface area (TPSA) is 0 Å². The summed E-state index contributed by atoms with van der Waals surface area (Å²) in [5, 5.41) is 0. The highest BCUT2D eigenvalue weighted by Crippen LogP contribution is 2.35. The van der Waals surface area contributed by atoms with Crippen LogP contribution in [0.15, 0.2) is 30.3 Å². The van der Waals surface area contributed by atoms with Gasteiger partial charge >= 0.3 is 55.9 Å². The van der Waals surface area contributed by atoms with E-state index in [4.69, 9.17) is 0 Å². The molecule has 0 radical (unpaired) electrons. The largest absolute Gasteiger partial charge is 0.673 e. The number of hydrogen-bond donors (Lipinski definition) is 0. The van der Waals surface area contributed by atoms with E-state index in [9.17, 15) is 152 Å². The van der Waals surface area contributed by atoms with Crippen molar-refractivity contribution in [2.75, 3.05) is 0 Å². The standard InChI is InChI=1S/C8H4F6.C6HF5.6BF4/c9-7(10,11)5-2-1-3-6(4-5)8(12,13)14;7-2-1-3(8)5(10)6(11)4(2)9;6*2-1(3,4)5/h1-4H;1H;;;;;;/q;;6*-1. The number of benzene rings is 2. The third-order valence-electron chi connectivity index (χ3n) is 2.58. The van der Waals surface area contributed by atoms with Gasteiger partial charge in [0.1, 0.15) is 0 Å². The van der Waals surface area contributed by atoms with Gasteiger partial charge in [0.2, 0.25) is 5.82 Å². The summed E-state index contributed by atoms with van der Waals surface area (Å²) in [5.41, 5.74) is -2.60. The average molecular weight is 903 g/mol. The zero-order valence-corrected chi connectivity index (χ0v) is 24.1. The minimum atomic E-state index is -6.00. The summed E-state index contributed by atoms with van der Waals surface area (Å²) < 4.78 is 366. The van der Waals surface area contributed by atoms with Crippen LogP contribution in [0.4, 0.5) is 152 Å². The molecule has 0 aliphatic rings. The van der Waals surface area contributed by atoms with Gasteiger partial charge in [-0.25, -0.2) is 22.0 Å². The van der Waals surface area contributed by atoms with Crippen LogP contribution < -0.4 is 0 Å². The first-order chi connectivity index (χ1) is 23.2. The third-order valence-corrected chi connectivity index (χ3v) is 2.58. The summed E-state index contributed by atoms with van der Waals surface area (Å²) in [5.74, 6) is -9.65. The molecule has 0 fully saturated rings. The second-order valence-corrected chi connectivity index (χ2v) is 7.33. The van der Waals surface area contributed by atoms with Crippen LogP contribution >= 0.6 is 0 Å². The first-order valence-electron chi connectivity index (χ1n) is 11.2. The molecule has 2 aromatic carbocycles. The molecule has 2 rings (SSSR count). The van der Waals surface area contributed by atoms with Crippen molar-refractivity contribution in [3.05, 3.63) is 70.5 Å². The zero-order valence-electron chi connectivity index (χ0n) is 24.1. The summed E-state index contributed by atoms with van der Waals surface area (Å²) in [7, 11) is -36.0. The smallest absolute Gasteiger partial charge is 0.418 e. The van der Waals surface area contributed by atoms with Crippen molar-refractivity contribution in [2.45, 2.75) is 12.4 Å². The van der Waals surface area contributed by atoms with Gasteiger partial charge in [0.25, 0.3) is 0 Å². The molecule has 0 N–H and O–H groups in total. The molecule has 55 heavy (non-hydrogen) atoms. The van der Waals surface area contributed by atoms with Crippen molar-refractivity contribution < 1.29 is 152 Å². The Morgan fingerprint density at radius 2 is 0.455 bits per heavy atom. The molecule has 0 saturated heterocycles. The van der Waals surface area contributed by atoms with E-state index in [1.807, 2.05) is 0 Å². The van der Waals surface area contributed by atoms with Gasteiger partial charge in [0, 0.05) is 6.07 Å². The maximum atomic E-state index is 12.0. The lowest BCUT2D eigenvalue weighted by molar-refractivity contribution is -0.143. The third kappa shape index (κ3) is 80.1. The first-order valence-corrected chi connectivity index (χ1v) is 11.2. The number of rotatable bonds is 0. The highest BCUT2D eigenvalue weighted by Gasteiger charge is 2.35. The predicted octanol–water partition coefficient (Wildman–Crippen LogP) is 13.9. The second kappa shape index (κ2) is 24.8. The summed E-state index contributed by atoms with van der Waals surface area (Å²) in [4.78, 5) is 0.